The Kier molecular flexibility index (Phi) is 5.37. The van der Waals surface area contributed by atoms with Crippen LogP contribution in [0.25, 0.3) is 0 Å². The fourth-order valence-corrected chi connectivity index (χ4v) is 3.05. The van der Waals surface area contributed by atoms with Gasteiger partial charge in [-0.1, -0.05) is 0 Å². The minimum Gasteiger partial charge on any atom is -0.365 e. The number of amides is 1. The number of rotatable bonds is 4. The van der Waals surface area contributed by atoms with E-state index in [1.165, 1.54) is 0 Å². The van der Waals surface area contributed by atoms with Crippen LogP contribution in [0.4, 0.5) is 19.0 Å². The van der Waals surface area contributed by atoms with Crippen LogP contribution in [0.5, 0.6) is 0 Å². The average molecular weight is 344 g/mol. The van der Waals surface area contributed by atoms with Crippen LogP contribution in [0.3, 0.4) is 0 Å². The first kappa shape index (κ1) is 18.5. The maximum absolute atomic E-state index is 12.9. The van der Waals surface area contributed by atoms with E-state index in [9.17, 15) is 18.0 Å². The lowest BCUT2D eigenvalue weighted by atomic mass is 9.89. The molecule has 0 aromatic carbocycles. The molecule has 5 nitrogen and oxygen atoms in total. The molecule has 1 amide bonds. The first-order chi connectivity index (χ1) is 11.1. The summed E-state index contributed by atoms with van der Waals surface area (Å²) in [6.45, 7) is 3.24. The van der Waals surface area contributed by atoms with Crippen LogP contribution in [-0.4, -0.2) is 49.0 Å². The number of carbonyl (C=O) groups excluding carboxylic acids is 1. The van der Waals surface area contributed by atoms with Crippen LogP contribution in [-0.2, 0) is 6.18 Å². The summed E-state index contributed by atoms with van der Waals surface area (Å²) in [5, 5.41) is 0. The molecule has 1 unspecified atom stereocenters. The minimum absolute atomic E-state index is 0.0297. The van der Waals surface area contributed by atoms with Crippen LogP contribution in [0.2, 0.25) is 0 Å². The smallest absolute Gasteiger partial charge is 0.365 e. The van der Waals surface area contributed by atoms with Crippen molar-refractivity contribution in [2.24, 2.45) is 11.7 Å². The fourth-order valence-electron chi connectivity index (χ4n) is 3.05. The van der Waals surface area contributed by atoms with Crippen molar-refractivity contribution in [3.63, 3.8) is 0 Å². The summed E-state index contributed by atoms with van der Waals surface area (Å²) in [5.41, 5.74) is 4.32. The number of pyridine rings is 1. The Morgan fingerprint density at radius 2 is 1.92 bits per heavy atom. The summed E-state index contributed by atoms with van der Waals surface area (Å²) in [7, 11) is 4.02. The zero-order valence-corrected chi connectivity index (χ0v) is 14.1. The summed E-state index contributed by atoms with van der Waals surface area (Å²) < 4.78 is 38.8. The van der Waals surface area contributed by atoms with Crippen molar-refractivity contribution in [3.8, 4) is 0 Å². The van der Waals surface area contributed by atoms with Crippen LogP contribution in [0, 0.1) is 5.92 Å². The van der Waals surface area contributed by atoms with Crippen LogP contribution in [0.15, 0.2) is 12.1 Å². The zero-order valence-electron chi connectivity index (χ0n) is 14.1. The second-order valence-corrected chi connectivity index (χ2v) is 6.46. The van der Waals surface area contributed by atoms with Crippen LogP contribution < -0.4 is 10.6 Å². The monoisotopic (exact) mass is 344 g/mol. The number of nitrogens with two attached hydrogens (primary N) is 1. The van der Waals surface area contributed by atoms with E-state index in [2.05, 4.69) is 16.8 Å². The van der Waals surface area contributed by atoms with E-state index < -0.39 is 17.8 Å². The van der Waals surface area contributed by atoms with Gasteiger partial charge in [0.25, 0.3) is 5.91 Å². The number of aromatic nitrogens is 1. The Labute approximate surface area is 139 Å². The molecule has 0 bridgehead atoms. The highest BCUT2D eigenvalue weighted by Gasteiger charge is 2.35. The molecule has 24 heavy (non-hydrogen) atoms. The van der Waals surface area contributed by atoms with Gasteiger partial charge >= 0.3 is 6.18 Å². The molecule has 1 atom stereocenters. The van der Waals surface area contributed by atoms with Gasteiger partial charge in [-0.15, -0.1) is 0 Å². The molecule has 0 radical (unpaired) electrons. The summed E-state index contributed by atoms with van der Waals surface area (Å²) >= 11 is 0. The van der Waals surface area contributed by atoms with E-state index >= 15 is 0 Å². The van der Waals surface area contributed by atoms with Gasteiger partial charge in [0.05, 0.1) is 5.56 Å². The van der Waals surface area contributed by atoms with Crippen molar-refractivity contribution in [2.75, 3.05) is 32.1 Å². The highest BCUT2D eigenvalue weighted by atomic mass is 19.4. The lowest BCUT2D eigenvalue weighted by Crippen LogP contribution is -2.42. The number of primary amides is 1. The van der Waals surface area contributed by atoms with Gasteiger partial charge in [-0.25, -0.2) is 4.98 Å². The van der Waals surface area contributed by atoms with Crippen molar-refractivity contribution in [1.29, 1.82) is 0 Å². The van der Waals surface area contributed by atoms with Gasteiger partial charge in [-0.05, 0) is 51.9 Å². The largest absolute Gasteiger partial charge is 0.433 e. The Balaban J connectivity index is 2.24. The molecule has 8 heteroatoms. The number of nitrogens with zero attached hydrogens (tertiary/aromatic N) is 3. The summed E-state index contributed by atoms with van der Waals surface area (Å²) in [6, 6.07) is 2.30. The van der Waals surface area contributed by atoms with Gasteiger partial charge in [0.2, 0.25) is 0 Å². The van der Waals surface area contributed by atoms with Gasteiger partial charge in [0.15, 0.2) is 0 Å². The van der Waals surface area contributed by atoms with Gasteiger partial charge in [0, 0.05) is 19.1 Å². The molecular weight excluding hydrogens is 321 g/mol. The molecule has 0 spiro atoms. The highest BCUT2D eigenvalue weighted by Crippen LogP contribution is 2.32. The lowest BCUT2D eigenvalue weighted by molar-refractivity contribution is -0.141. The SMILES string of the molecule is CC(C1CCN(c2nc(C(F)(F)F)ccc2C(N)=O)CC1)N(C)C. The number of piperidine rings is 1. The molecule has 2 heterocycles. The highest BCUT2D eigenvalue weighted by molar-refractivity contribution is 5.97. The molecule has 2 N–H and O–H groups in total. The zero-order chi connectivity index (χ0) is 18.1. The summed E-state index contributed by atoms with van der Waals surface area (Å²) in [5.74, 6) is -0.276. The molecule has 1 aromatic heterocycles. The molecular formula is C16H23F3N4O. The van der Waals surface area contributed by atoms with Crippen molar-refractivity contribution in [2.45, 2.75) is 32.0 Å². The van der Waals surface area contributed by atoms with Gasteiger partial charge in [-0.3, -0.25) is 4.79 Å². The third-order valence-corrected chi connectivity index (χ3v) is 4.77. The molecule has 1 aliphatic rings. The predicted molar refractivity (Wildman–Crippen MR) is 85.8 cm³/mol. The van der Waals surface area contributed by atoms with Gasteiger partial charge < -0.3 is 15.5 Å². The van der Waals surface area contributed by atoms with E-state index in [1.54, 1.807) is 4.90 Å². The van der Waals surface area contributed by atoms with Crippen LogP contribution >= 0.6 is 0 Å². The van der Waals surface area contributed by atoms with Crippen LogP contribution in [0.1, 0.15) is 35.8 Å². The number of carbonyl (C=O) groups is 1. The third kappa shape index (κ3) is 3.98. The van der Waals surface area contributed by atoms with E-state index in [0.717, 1.165) is 25.0 Å². The topological polar surface area (TPSA) is 62.5 Å². The summed E-state index contributed by atoms with van der Waals surface area (Å²) in [6.07, 6.45) is -2.90. The number of hydrogen-bond acceptors (Lipinski definition) is 4. The van der Waals surface area contributed by atoms with Crippen molar-refractivity contribution in [1.82, 2.24) is 9.88 Å². The number of alkyl halides is 3. The van der Waals surface area contributed by atoms with Crippen molar-refractivity contribution >= 4 is 11.7 Å². The summed E-state index contributed by atoms with van der Waals surface area (Å²) in [4.78, 5) is 19.1. The molecule has 1 saturated heterocycles. The fraction of sp³-hybridized carbons (Fsp3) is 0.625. The quantitative estimate of drug-likeness (QED) is 0.911. The van der Waals surface area contributed by atoms with Crippen molar-refractivity contribution in [3.05, 3.63) is 23.4 Å². The first-order valence-corrected chi connectivity index (χ1v) is 7.90. The number of anilines is 1. The predicted octanol–water partition coefficient (Wildman–Crippen LogP) is 2.37. The minimum atomic E-state index is -4.55. The first-order valence-electron chi connectivity index (χ1n) is 7.90. The molecule has 0 aliphatic carbocycles. The molecule has 1 fully saturated rings. The molecule has 134 valence electrons. The second kappa shape index (κ2) is 6.96. The second-order valence-electron chi connectivity index (χ2n) is 6.46. The maximum atomic E-state index is 12.9. The Hall–Kier alpha value is -1.83. The molecule has 1 aromatic rings. The van der Waals surface area contributed by atoms with E-state index in [4.69, 9.17) is 5.73 Å². The normalized spacial score (nSPS) is 18.0. The average Bonchev–Trinajstić information content (AvgIpc) is 2.52. The Morgan fingerprint density at radius 1 is 1.33 bits per heavy atom. The molecule has 0 saturated carbocycles. The van der Waals surface area contributed by atoms with E-state index in [0.29, 0.717) is 25.0 Å². The maximum Gasteiger partial charge on any atom is 0.433 e. The Morgan fingerprint density at radius 3 is 2.38 bits per heavy atom. The lowest BCUT2D eigenvalue weighted by Gasteiger charge is -2.38. The standard InChI is InChI=1S/C16H23F3N4O/c1-10(22(2)3)11-6-8-23(9-7-11)15-12(14(20)24)4-5-13(21-15)16(17,18)19/h4-5,10-11H,6-9H2,1-3H3,(H2,20,24). The van der Waals surface area contributed by atoms with E-state index in [1.807, 2.05) is 14.1 Å². The number of halogens is 3. The molecule has 2 rings (SSSR count). The third-order valence-electron chi connectivity index (χ3n) is 4.77. The number of hydrogen-bond donors (Lipinski definition) is 1. The molecule has 1 aliphatic heterocycles. The Bertz CT molecular complexity index is 595. The van der Waals surface area contributed by atoms with Gasteiger partial charge in [-0.2, -0.15) is 13.2 Å². The van der Waals surface area contributed by atoms with Gasteiger partial charge in [0.1, 0.15) is 11.5 Å². The van der Waals surface area contributed by atoms with E-state index in [-0.39, 0.29) is 11.4 Å². The van der Waals surface area contributed by atoms with Crippen molar-refractivity contribution < 1.29 is 18.0 Å².